The molecule has 7 nitrogen and oxygen atoms in total. The monoisotopic (exact) mass is 576 g/mol. The molecule has 0 atom stereocenters. The van der Waals surface area contributed by atoms with Crippen LogP contribution in [0, 0.1) is 0 Å². The number of halogens is 6. The summed E-state index contributed by atoms with van der Waals surface area (Å²) in [7, 11) is 2.96. The van der Waals surface area contributed by atoms with Gasteiger partial charge >= 0.3 is 12.8 Å². The number of alkyl halides is 5. The molecule has 0 amide bonds. The summed E-state index contributed by atoms with van der Waals surface area (Å²) >= 11 is 0. The quantitative estimate of drug-likeness (QED) is 0.154. The number of rotatable bonds is 9. The summed E-state index contributed by atoms with van der Waals surface area (Å²) < 4.78 is 77.6. The summed E-state index contributed by atoms with van der Waals surface area (Å²) in [5.74, 6) is 0.854. The van der Waals surface area contributed by atoms with Gasteiger partial charge in [-0.15, -0.1) is 24.0 Å². The molecule has 0 radical (unpaired) electrons. The number of nitrogens with one attached hydrogen (secondary N) is 2. The van der Waals surface area contributed by atoms with Gasteiger partial charge in [-0.05, 0) is 24.3 Å². The first-order chi connectivity index (χ1) is 14.7. The molecule has 1 aromatic carbocycles. The number of pyridine rings is 1. The third kappa shape index (κ3) is 8.88. The summed E-state index contributed by atoms with van der Waals surface area (Å²) in [5, 5.41) is 5.86. The van der Waals surface area contributed by atoms with Crippen LogP contribution in [0.5, 0.6) is 17.4 Å². The maximum Gasteiger partial charge on any atom is 0.417 e. The molecule has 2 rings (SSSR count). The molecule has 0 unspecified atom stereocenters. The van der Waals surface area contributed by atoms with Gasteiger partial charge < -0.3 is 24.8 Å². The zero-order valence-electron chi connectivity index (χ0n) is 17.1. The van der Waals surface area contributed by atoms with Crippen LogP contribution < -0.4 is 24.8 Å². The van der Waals surface area contributed by atoms with Crippen LogP contribution in [0.15, 0.2) is 41.5 Å². The minimum absolute atomic E-state index is 0. The Bertz CT molecular complexity index is 867. The van der Waals surface area contributed by atoms with Crippen molar-refractivity contribution in [3.8, 4) is 17.4 Å². The van der Waals surface area contributed by atoms with Crippen molar-refractivity contribution in [2.24, 2.45) is 4.99 Å². The van der Waals surface area contributed by atoms with E-state index in [1.54, 1.807) is 6.07 Å². The molecule has 178 valence electrons. The molecule has 0 aliphatic rings. The normalized spacial score (nSPS) is 11.6. The standard InChI is InChI=1S/C19H21F5N4O3.HI/c1-25-18(26-7-8-30-16-6-3-13(11-27-16)19(22,23)24)28-10-12-9-14(29-2)4-5-15(12)31-17(20)21;/h3-6,9,11,17H,7-8,10H2,1-2H3,(H2,25,26,28);1H. The topological polar surface area (TPSA) is 77.0 Å². The van der Waals surface area contributed by atoms with Crippen molar-refractivity contribution in [3.05, 3.63) is 47.7 Å². The number of ether oxygens (including phenoxy) is 3. The lowest BCUT2D eigenvalue weighted by Gasteiger charge is -2.15. The van der Waals surface area contributed by atoms with Crippen LogP contribution in [0.3, 0.4) is 0 Å². The highest BCUT2D eigenvalue weighted by molar-refractivity contribution is 14.0. The number of hydrogen-bond acceptors (Lipinski definition) is 5. The van der Waals surface area contributed by atoms with Crippen LogP contribution in [-0.2, 0) is 12.7 Å². The van der Waals surface area contributed by atoms with E-state index in [9.17, 15) is 22.0 Å². The maximum absolute atomic E-state index is 12.6. The minimum atomic E-state index is -4.46. The predicted molar refractivity (Wildman–Crippen MR) is 118 cm³/mol. The van der Waals surface area contributed by atoms with Gasteiger partial charge in [0.05, 0.1) is 19.2 Å². The van der Waals surface area contributed by atoms with Gasteiger partial charge in [0.2, 0.25) is 5.88 Å². The average molecular weight is 576 g/mol. The molecule has 13 heteroatoms. The molecule has 0 saturated carbocycles. The van der Waals surface area contributed by atoms with Gasteiger partial charge in [-0.2, -0.15) is 22.0 Å². The number of nitrogens with zero attached hydrogens (tertiary/aromatic N) is 2. The molecule has 0 spiro atoms. The van der Waals surface area contributed by atoms with E-state index >= 15 is 0 Å². The Balaban J connectivity index is 0.00000512. The van der Waals surface area contributed by atoms with Crippen LogP contribution >= 0.6 is 24.0 Å². The van der Waals surface area contributed by atoms with E-state index in [-0.39, 0.29) is 55.3 Å². The number of aromatic nitrogens is 1. The third-order valence-electron chi connectivity index (χ3n) is 3.86. The SMILES string of the molecule is CN=C(NCCOc1ccc(C(F)(F)F)cn1)NCc1cc(OC)ccc1OC(F)F.I. The van der Waals surface area contributed by atoms with Crippen molar-refractivity contribution in [2.75, 3.05) is 27.3 Å². The van der Waals surface area contributed by atoms with Gasteiger partial charge in [0.1, 0.15) is 18.1 Å². The molecule has 0 aliphatic heterocycles. The van der Waals surface area contributed by atoms with Crippen molar-refractivity contribution >= 4 is 29.9 Å². The van der Waals surface area contributed by atoms with E-state index in [1.165, 1.54) is 26.3 Å². The Morgan fingerprint density at radius 2 is 1.91 bits per heavy atom. The zero-order chi connectivity index (χ0) is 22.9. The lowest BCUT2D eigenvalue weighted by atomic mass is 10.2. The highest BCUT2D eigenvalue weighted by atomic mass is 127. The predicted octanol–water partition coefficient (Wildman–Crippen LogP) is 4.07. The van der Waals surface area contributed by atoms with E-state index in [0.29, 0.717) is 23.5 Å². The van der Waals surface area contributed by atoms with Crippen molar-refractivity contribution in [3.63, 3.8) is 0 Å². The fourth-order valence-electron chi connectivity index (χ4n) is 2.39. The Morgan fingerprint density at radius 3 is 2.47 bits per heavy atom. The van der Waals surface area contributed by atoms with Crippen LogP contribution in [0.4, 0.5) is 22.0 Å². The van der Waals surface area contributed by atoms with E-state index in [1.807, 2.05) is 0 Å². The van der Waals surface area contributed by atoms with Gasteiger partial charge in [-0.25, -0.2) is 4.98 Å². The molecule has 0 saturated heterocycles. The lowest BCUT2D eigenvalue weighted by Crippen LogP contribution is -2.39. The van der Waals surface area contributed by atoms with Gasteiger partial charge in [0.25, 0.3) is 0 Å². The van der Waals surface area contributed by atoms with Crippen molar-refractivity contribution < 1.29 is 36.2 Å². The highest BCUT2D eigenvalue weighted by Gasteiger charge is 2.30. The lowest BCUT2D eigenvalue weighted by molar-refractivity contribution is -0.137. The van der Waals surface area contributed by atoms with Crippen molar-refractivity contribution in [2.45, 2.75) is 19.3 Å². The third-order valence-corrected chi connectivity index (χ3v) is 3.86. The van der Waals surface area contributed by atoms with E-state index < -0.39 is 18.4 Å². The molecule has 2 aromatic rings. The highest BCUT2D eigenvalue weighted by Crippen LogP contribution is 2.29. The van der Waals surface area contributed by atoms with E-state index in [2.05, 4.69) is 25.3 Å². The second kappa shape index (κ2) is 13.1. The first-order valence-corrected chi connectivity index (χ1v) is 8.95. The van der Waals surface area contributed by atoms with Crippen LogP contribution in [0.2, 0.25) is 0 Å². The van der Waals surface area contributed by atoms with E-state index in [4.69, 9.17) is 9.47 Å². The number of aliphatic imine (C=N–C) groups is 1. The Kier molecular flexibility index (Phi) is 11.2. The van der Waals surface area contributed by atoms with Gasteiger partial charge in [0.15, 0.2) is 5.96 Å². The molecule has 2 N–H and O–H groups in total. The van der Waals surface area contributed by atoms with Crippen LogP contribution in [0.1, 0.15) is 11.1 Å². The molecule has 1 aromatic heterocycles. The summed E-state index contributed by atoms with van der Waals surface area (Å²) in [4.78, 5) is 7.60. The Hall–Kier alpha value is -2.58. The first kappa shape index (κ1) is 27.5. The second-order valence-corrected chi connectivity index (χ2v) is 5.94. The Labute approximate surface area is 198 Å². The van der Waals surface area contributed by atoms with E-state index in [0.717, 1.165) is 12.1 Å². The van der Waals surface area contributed by atoms with Crippen molar-refractivity contribution in [1.29, 1.82) is 0 Å². The van der Waals surface area contributed by atoms with Gasteiger partial charge in [0, 0.05) is 31.4 Å². The van der Waals surface area contributed by atoms with Crippen LogP contribution in [0.25, 0.3) is 0 Å². The first-order valence-electron chi connectivity index (χ1n) is 8.95. The molecule has 0 fully saturated rings. The fraction of sp³-hybridized carbons (Fsp3) is 0.368. The zero-order valence-corrected chi connectivity index (χ0v) is 19.4. The summed E-state index contributed by atoms with van der Waals surface area (Å²) in [5.41, 5.74) is -0.442. The molecule has 32 heavy (non-hydrogen) atoms. The largest absolute Gasteiger partial charge is 0.497 e. The fourth-order valence-corrected chi connectivity index (χ4v) is 2.39. The summed E-state index contributed by atoms with van der Waals surface area (Å²) in [6, 6.07) is 6.44. The summed E-state index contributed by atoms with van der Waals surface area (Å²) in [6.07, 6.45) is -3.77. The number of hydrogen-bond donors (Lipinski definition) is 2. The minimum Gasteiger partial charge on any atom is -0.497 e. The van der Waals surface area contributed by atoms with Gasteiger partial charge in [-0.3, -0.25) is 4.99 Å². The molecule has 1 heterocycles. The second-order valence-electron chi connectivity index (χ2n) is 5.94. The van der Waals surface area contributed by atoms with Crippen LogP contribution in [-0.4, -0.2) is 44.9 Å². The number of guanidine groups is 1. The molecule has 0 bridgehead atoms. The number of benzene rings is 1. The summed E-state index contributed by atoms with van der Waals surface area (Å²) in [6.45, 7) is -2.51. The van der Waals surface area contributed by atoms with Gasteiger partial charge in [-0.1, -0.05) is 0 Å². The van der Waals surface area contributed by atoms with Crippen molar-refractivity contribution in [1.82, 2.24) is 15.6 Å². The maximum atomic E-state index is 12.6. The molecular formula is C19H22F5IN4O3. The number of methoxy groups -OCH3 is 1. The molecule has 0 aliphatic carbocycles. The molecular weight excluding hydrogens is 554 g/mol. The average Bonchev–Trinajstić information content (AvgIpc) is 2.73. The Morgan fingerprint density at radius 1 is 1.16 bits per heavy atom. The smallest absolute Gasteiger partial charge is 0.417 e.